The normalized spacial score (nSPS) is 14.8. The second kappa shape index (κ2) is 9.32. The molecule has 0 unspecified atom stereocenters. The first kappa shape index (κ1) is 25.0. The molecule has 0 aliphatic carbocycles. The lowest BCUT2D eigenvalue weighted by atomic mass is 10.1. The highest BCUT2D eigenvalue weighted by Gasteiger charge is 2.37. The van der Waals surface area contributed by atoms with E-state index in [0.29, 0.717) is 22.2 Å². The van der Waals surface area contributed by atoms with Crippen LogP contribution in [0.3, 0.4) is 0 Å². The molecule has 3 aromatic carbocycles. The van der Waals surface area contributed by atoms with Crippen LogP contribution in [0.2, 0.25) is 10.0 Å². The Kier molecular flexibility index (Phi) is 6.29. The largest absolute Gasteiger partial charge is 0.342 e. The van der Waals surface area contributed by atoms with Gasteiger partial charge in [0.1, 0.15) is 5.69 Å². The van der Waals surface area contributed by atoms with E-state index < -0.39 is 40.7 Å². The molecule has 0 saturated carbocycles. The highest BCUT2D eigenvalue weighted by Crippen LogP contribution is 2.35. The van der Waals surface area contributed by atoms with Crippen molar-refractivity contribution in [2.45, 2.75) is 13.5 Å². The zero-order valence-corrected chi connectivity index (χ0v) is 20.3. The average Bonchev–Trinajstić information content (AvgIpc) is 3.36. The van der Waals surface area contributed by atoms with Crippen LogP contribution < -0.4 is 5.01 Å². The zero-order chi connectivity index (χ0) is 26.6. The van der Waals surface area contributed by atoms with Gasteiger partial charge in [-0.1, -0.05) is 47.5 Å². The number of hydrogen-bond acceptors (Lipinski definition) is 2. The standard InChI is InChI=1S/C26H14Cl2F5N3O/c1-12-16(26(37)36(34-12)25-23(32)21(30)20(29)22(31)24(25)33)9-14-11-35(19-5-3-2-4-15(14)19)10-13-6-7-17(27)18(28)8-13/h2-9,11H,10H2,1H3/b16-9-. The number of amides is 1. The third-order valence-corrected chi connectivity index (χ3v) is 6.66. The molecule has 0 spiro atoms. The Balaban J connectivity index is 1.57. The van der Waals surface area contributed by atoms with Crippen LogP contribution in [0, 0.1) is 29.1 Å². The number of rotatable bonds is 4. The van der Waals surface area contributed by atoms with Crippen molar-refractivity contribution >= 4 is 57.5 Å². The molecule has 0 N–H and O–H groups in total. The van der Waals surface area contributed by atoms with E-state index in [9.17, 15) is 26.7 Å². The van der Waals surface area contributed by atoms with Crippen LogP contribution in [0.15, 0.2) is 59.3 Å². The second-order valence-electron chi connectivity index (χ2n) is 8.26. The first-order valence-electron chi connectivity index (χ1n) is 10.7. The molecule has 37 heavy (non-hydrogen) atoms. The van der Waals surface area contributed by atoms with E-state index in [-0.39, 0.29) is 16.3 Å². The number of benzene rings is 3. The lowest BCUT2D eigenvalue weighted by Crippen LogP contribution is -2.25. The van der Waals surface area contributed by atoms with Crippen LogP contribution in [-0.2, 0) is 11.3 Å². The first-order valence-corrected chi connectivity index (χ1v) is 11.5. The molecule has 0 fully saturated rings. The summed E-state index contributed by atoms with van der Waals surface area (Å²) in [5, 5.41) is 5.54. The van der Waals surface area contributed by atoms with Crippen molar-refractivity contribution in [1.82, 2.24) is 4.57 Å². The van der Waals surface area contributed by atoms with Crippen molar-refractivity contribution in [3.05, 3.63) is 104 Å². The lowest BCUT2D eigenvalue weighted by Gasteiger charge is -2.15. The minimum absolute atomic E-state index is 0.0373. The number of aromatic nitrogens is 1. The minimum Gasteiger partial charge on any atom is -0.342 e. The molecular formula is C26H14Cl2F5N3O. The summed E-state index contributed by atoms with van der Waals surface area (Å²) in [4.78, 5) is 13.1. The number of carbonyl (C=O) groups excluding carboxylic acids is 1. The topological polar surface area (TPSA) is 37.6 Å². The van der Waals surface area contributed by atoms with Gasteiger partial charge in [0.15, 0.2) is 23.3 Å². The van der Waals surface area contributed by atoms with Crippen LogP contribution >= 0.6 is 23.2 Å². The number of hydrogen-bond donors (Lipinski definition) is 0. The first-order chi connectivity index (χ1) is 17.6. The van der Waals surface area contributed by atoms with Crippen LogP contribution in [0.25, 0.3) is 17.0 Å². The van der Waals surface area contributed by atoms with Gasteiger partial charge >= 0.3 is 0 Å². The summed E-state index contributed by atoms with van der Waals surface area (Å²) >= 11 is 12.1. The fraction of sp³-hybridized carbons (Fsp3) is 0.0769. The SMILES string of the molecule is CC1=NN(c2c(F)c(F)c(F)c(F)c2F)C(=O)/C1=C\c1cn(Cc2ccc(Cl)c(Cl)c2)c2ccccc12. The van der Waals surface area contributed by atoms with Crippen molar-refractivity contribution in [3.8, 4) is 0 Å². The summed E-state index contributed by atoms with van der Waals surface area (Å²) in [5.41, 5.74) is 0.786. The summed E-state index contributed by atoms with van der Waals surface area (Å²) in [6.45, 7) is 1.81. The molecule has 1 aliphatic heterocycles. The van der Waals surface area contributed by atoms with Gasteiger partial charge in [-0.15, -0.1) is 0 Å². The van der Waals surface area contributed by atoms with Crippen LogP contribution in [-0.4, -0.2) is 16.2 Å². The summed E-state index contributed by atoms with van der Waals surface area (Å²) in [6.07, 6.45) is 3.22. The van der Waals surface area contributed by atoms with Gasteiger partial charge in [0, 0.05) is 29.2 Å². The maximum atomic E-state index is 14.4. The molecule has 0 bridgehead atoms. The summed E-state index contributed by atoms with van der Waals surface area (Å²) in [5.74, 6) is -12.0. The average molecular weight is 550 g/mol. The fourth-order valence-corrected chi connectivity index (χ4v) is 4.45. The minimum atomic E-state index is -2.32. The maximum absolute atomic E-state index is 14.4. The lowest BCUT2D eigenvalue weighted by molar-refractivity contribution is -0.114. The van der Waals surface area contributed by atoms with E-state index in [0.717, 1.165) is 16.5 Å². The summed E-state index contributed by atoms with van der Waals surface area (Å²) < 4.78 is 71.6. The van der Waals surface area contributed by atoms with Gasteiger partial charge in [0.2, 0.25) is 5.82 Å². The maximum Gasteiger partial charge on any atom is 0.280 e. The molecule has 0 radical (unpaired) electrons. The number of halogens is 7. The van der Waals surface area contributed by atoms with Crippen molar-refractivity contribution < 1.29 is 26.7 Å². The van der Waals surface area contributed by atoms with Gasteiger partial charge in [-0.05, 0) is 36.8 Å². The van der Waals surface area contributed by atoms with Crippen molar-refractivity contribution in [3.63, 3.8) is 0 Å². The molecular weight excluding hydrogens is 536 g/mol. The van der Waals surface area contributed by atoms with E-state index in [1.165, 1.54) is 13.0 Å². The zero-order valence-electron chi connectivity index (χ0n) is 18.8. The molecule has 1 aliphatic rings. The Morgan fingerprint density at radius 1 is 0.892 bits per heavy atom. The van der Waals surface area contributed by atoms with Crippen molar-refractivity contribution in [2.24, 2.45) is 5.10 Å². The number of anilines is 1. The van der Waals surface area contributed by atoms with E-state index in [1.807, 2.05) is 28.8 Å². The Hall–Kier alpha value is -3.69. The summed E-state index contributed by atoms with van der Waals surface area (Å²) in [7, 11) is 0. The van der Waals surface area contributed by atoms with Gasteiger partial charge in [0.05, 0.1) is 21.3 Å². The monoisotopic (exact) mass is 549 g/mol. The Labute approximate surface area is 216 Å². The van der Waals surface area contributed by atoms with Gasteiger partial charge < -0.3 is 4.57 Å². The van der Waals surface area contributed by atoms with Gasteiger partial charge in [-0.2, -0.15) is 10.1 Å². The quantitative estimate of drug-likeness (QED) is 0.112. The Morgan fingerprint density at radius 2 is 1.54 bits per heavy atom. The van der Waals surface area contributed by atoms with Crippen molar-refractivity contribution in [1.29, 1.82) is 0 Å². The molecule has 0 saturated heterocycles. The Morgan fingerprint density at radius 3 is 2.22 bits per heavy atom. The molecule has 5 rings (SSSR count). The van der Waals surface area contributed by atoms with E-state index in [2.05, 4.69) is 5.10 Å². The second-order valence-corrected chi connectivity index (χ2v) is 9.07. The predicted molar refractivity (Wildman–Crippen MR) is 132 cm³/mol. The predicted octanol–water partition coefficient (Wildman–Crippen LogP) is 7.50. The Bertz CT molecular complexity index is 1650. The number of nitrogens with zero attached hydrogens (tertiary/aromatic N) is 3. The smallest absolute Gasteiger partial charge is 0.280 e. The van der Waals surface area contributed by atoms with E-state index >= 15 is 0 Å². The highest BCUT2D eigenvalue weighted by atomic mass is 35.5. The van der Waals surface area contributed by atoms with Crippen molar-refractivity contribution in [2.75, 3.05) is 5.01 Å². The molecule has 11 heteroatoms. The molecule has 2 heterocycles. The number of fused-ring (bicyclic) bond motifs is 1. The molecule has 1 amide bonds. The molecule has 0 atom stereocenters. The third kappa shape index (κ3) is 4.18. The van der Waals surface area contributed by atoms with E-state index in [4.69, 9.17) is 23.2 Å². The fourth-order valence-electron chi connectivity index (χ4n) is 4.13. The molecule has 1 aromatic heterocycles. The van der Waals surface area contributed by atoms with Gasteiger partial charge in [0.25, 0.3) is 5.91 Å². The van der Waals surface area contributed by atoms with Gasteiger partial charge in [-0.25, -0.2) is 22.0 Å². The number of carbonyl (C=O) groups is 1. The molecule has 188 valence electrons. The third-order valence-electron chi connectivity index (χ3n) is 5.92. The molecule has 4 nitrogen and oxygen atoms in total. The number of para-hydroxylation sites is 1. The number of hydrazone groups is 1. The summed E-state index contributed by atoms with van der Waals surface area (Å²) in [6, 6.07) is 12.6. The molecule has 4 aromatic rings. The van der Waals surface area contributed by atoms with Crippen LogP contribution in [0.1, 0.15) is 18.1 Å². The van der Waals surface area contributed by atoms with E-state index in [1.54, 1.807) is 24.4 Å². The highest BCUT2D eigenvalue weighted by molar-refractivity contribution is 6.42. The van der Waals surface area contributed by atoms with Crippen LogP contribution in [0.5, 0.6) is 0 Å². The van der Waals surface area contributed by atoms with Gasteiger partial charge in [-0.3, -0.25) is 4.79 Å². The van der Waals surface area contributed by atoms with Crippen LogP contribution in [0.4, 0.5) is 27.6 Å².